The van der Waals surface area contributed by atoms with Gasteiger partial charge in [-0.2, -0.15) is 11.8 Å². The van der Waals surface area contributed by atoms with E-state index in [2.05, 4.69) is 0 Å². The molecule has 0 aromatic carbocycles. The fraction of sp³-hybridized carbons (Fsp3) is 0.778. The number of carboxylic acid groups (broad SMARTS) is 1. The Bertz CT molecular complexity index is 258. The molecule has 3 N–H and O–H groups in total. The van der Waals surface area contributed by atoms with E-state index >= 15 is 0 Å². The molecule has 86 valence electrons. The molecule has 1 fully saturated rings. The van der Waals surface area contributed by atoms with Crippen LogP contribution in [0.5, 0.6) is 0 Å². The number of aliphatic carboxylic acids is 1. The Labute approximate surface area is 93.0 Å². The first-order chi connectivity index (χ1) is 7.02. The van der Waals surface area contributed by atoms with Crippen molar-refractivity contribution in [2.45, 2.75) is 25.4 Å². The summed E-state index contributed by atoms with van der Waals surface area (Å²) in [6.07, 6.45) is 0.00542. The van der Waals surface area contributed by atoms with Crippen LogP contribution in [0.3, 0.4) is 0 Å². The molecule has 1 saturated heterocycles. The van der Waals surface area contributed by atoms with Crippen molar-refractivity contribution in [1.82, 2.24) is 4.90 Å². The van der Waals surface area contributed by atoms with Crippen LogP contribution in [0.15, 0.2) is 0 Å². The Morgan fingerprint density at radius 1 is 1.67 bits per heavy atom. The summed E-state index contributed by atoms with van der Waals surface area (Å²) in [5.41, 5.74) is 5.51. The van der Waals surface area contributed by atoms with E-state index in [1.165, 1.54) is 0 Å². The van der Waals surface area contributed by atoms with Gasteiger partial charge in [-0.15, -0.1) is 0 Å². The monoisotopic (exact) mass is 232 g/mol. The summed E-state index contributed by atoms with van der Waals surface area (Å²) in [7, 11) is 0. The highest BCUT2D eigenvalue weighted by molar-refractivity contribution is 7.99. The average molecular weight is 232 g/mol. The zero-order valence-corrected chi connectivity index (χ0v) is 9.50. The van der Waals surface area contributed by atoms with Crippen molar-refractivity contribution in [2.24, 2.45) is 5.73 Å². The molecule has 0 aromatic heterocycles. The topological polar surface area (TPSA) is 83.6 Å². The summed E-state index contributed by atoms with van der Waals surface area (Å²) in [4.78, 5) is 23.9. The molecule has 0 spiro atoms. The molecule has 1 unspecified atom stereocenters. The number of carbonyl (C=O) groups is 2. The van der Waals surface area contributed by atoms with Gasteiger partial charge in [-0.05, 0) is 6.92 Å². The normalized spacial score (nSPS) is 23.6. The molecule has 0 radical (unpaired) electrons. The first-order valence-electron chi connectivity index (χ1n) is 4.88. The maximum absolute atomic E-state index is 11.7. The van der Waals surface area contributed by atoms with Crippen molar-refractivity contribution in [3.8, 4) is 0 Å². The largest absolute Gasteiger partial charge is 0.481 e. The van der Waals surface area contributed by atoms with Crippen molar-refractivity contribution >= 4 is 23.6 Å². The molecule has 6 heteroatoms. The Kier molecular flexibility index (Phi) is 4.41. The van der Waals surface area contributed by atoms with E-state index < -0.39 is 12.0 Å². The van der Waals surface area contributed by atoms with Crippen molar-refractivity contribution < 1.29 is 14.7 Å². The van der Waals surface area contributed by atoms with Crippen LogP contribution in [0.4, 0.5) is 0 Å². The predicted molar refractivity (Wildman–Crippen MR) is 58.7 cm³/mol. The Morgan fingerprint density at radius 2 is 2.33 bits per heavy atom. The van der Waals surface area contributed by atoms with Gasteiger partial charge in [0.2, 0.25) is 5.91 Å². The number of nitrogens with zero attached hydrogens (tertiary/aromatic N) is 1. The van der Waals surface area contributed by atoms with Gasteiger partial charge in [-0.25, -0.2) is 0 Å². The van der Waals surface area contributed by atoms with Crippen molar-refractivity contribution in [1.29, 1.82) is 0 Å². The van der Waals surface area contributed by atoms with Gasteiger partial charge in [0.05, 0.1) is 18.5 Å². The van der Waals surface area contributed by atoms with Gasteiger partial charge in [0.25, 0.3) is 0 Å². The van der Waals surface area contributed by atoms with Gasteiger partial charge in [0.15, 0.2) is 0 Å². The summed E-state index contributed by atoms with van der Waals surface area (Å²) in [5.74, 6) is 0.519. The molecule has 0 saturated carbocycles. The number of thioether (sulfide) groups is 1. The third-order valence-corrected chi connectivity index (χ3v) is 3.40. The van der Waals surface area contributed by atoms with E-state index in [1.54, 1.807) is 23.6 Å². The summed E-state index contributed by atoms with van der Waals surface area (Å²) in [5, 5.41) is 8.73. The van der Waals surface area contributed by atoms with Crippen molar-refractivity contribution in [2.75, 3.05) is 18.1 Å². The van der Waals surface area contributed by atoms with E-state index in [1.807, 2.05) is 0 Å². The highest BCUT2D eigenvalue weighted by atomic mass is 32.2. The molecule has 1 amide bonds. The molecular weight excluding hydrogens is 216 g/mol. The standard InChI is InChI=1S/C9H16N2O3S/c1-6(10)9(14)11-2-3-15-5-7(11)4-8(12)13/h6-7H,2-5,10H2,1H3,(H,12,13)/t6-,7?/m0/s1. The number of carbonyl (C=O) groups excluding carboxylic acids is 1. The second kappa shape index (κ2) is 5.37. The highest BCUT2D eigenvalue weighted by Gasteiger charge is 2.29. The quantitative estimate of drug-likeness (QED) is 0.701. The van der Waals surface area contributed by atoms with E-state index in [-0.39, 0.29) is 18.4 Å². The zero-order valence-electron chi connectivity index (χ0n) is 8.68. The lowest BCUT2D eigenvalue weighted by atomic mass is 10.1. The first kappa shape index (κ1) is 12.3. The van der Waals surface area contributed by atoms with Crippen molar-refractivity contribution in [3.63, 3.8) is 0 Å². The molecule has 1 aliphatic heterocycles. The Hall–Kier alpha value is -0.750. The fourth-order valence-electron chi connectivity index (χ4n) is 1.58. The van der Waals surface area contributed by atoms with Crippen LogP contribution in [-0.2, 0) is 9.59 Å². The predicted octanol–water partition coefficient (Wildman–Crippen LogP) is -0.248. The molecule has 5 nitrogen and oxygen atoms in total. The van der Waals surface area contributed by atoms with E-state index in [4.69, 9.17) is 10.8 Å². The summed E-state index contributed by atoms with van der Waals surface area (Å²) < 4.78 is 0. The van der Waals surface area contributed by atoms with Crippen LogP contribution in [0.25, 0.3) is 0 Å². The first-order valence-corrected chi connectivity index (χ1v) is 6.03. The van der Waals surface area contributed by atoms with Crippen LogP contribution in [-0.4, -0.2) is 52.0 Å². The lowest BCUT2D eigenvalue weighted by molar-refractivity contribution is -0.140. The smallest absolute Gasteiger partial charge is 0.305 e. The van der Waals surface area contributed by atoms with Gasteiger partial charge < -0.3 is 15.7 Å². The summed E-state index contributed by atoms with van der Waals surface area (Å²) >= 11 is 1.68. The van der Waals surface area contributed by atoms with Gasteiger partial charge in [-0.1, -0.05) is 0 Å². The average Bonchev–Trinajstić information content (AvgIpc) is 2.16. The van der Waals surface area contributed by atoms with Gasteiger partial charge in [0.1, 0.15) is 0 Å². The van der Waals surface area contributed by atoms with Gasteiger partial charge >= 0.3 is 5.97 Å². The number of amides is 1. The fourth-order valence-corrected chi connectivity index (χ4v) is 2.64. The molecule has 0 bridgehead atoms. The second-order valence-corrected chi connectivity index (χ2v) is 4.80. The van der Waals surface area contributed by atoms with Crippen LogP contribution in [0.1, 0.15) is 13.3 Å². The van der Waals surface area contributed by atoms with E-state index in [0.717, 1.165) is 5.75 Å². The minimum atomic E-state index is -0.870. The Morgan fingerprint density at radius 3 is 2.87 bits per heavy atom. The van der Waals surface area contributed by atoms with Gasteiger partial charge in [-0.3, -0.25) is 9.59 Å². The number of hydrogen-bond acceptors (Lipinski definition) is 4. The van der Waals surface area contributed by atoms with Crippen LogP contribution in [0, 0.1) is 0 Å². The minimum absolute atomic E-state index is 0.00542. The highest BCUT2D eigenvalue weighted by Crippen LogP contribution is 2.19. The molecule has 2 atom stereocenters. The Balaban J connectivity index is 2.65. The molecule has 1 aliphatic rings. The van der Waals surface area contributed by atoms with Crippen LogP contribution < -0.4 is 5.73 Å². The summed E-state index contributed by atoms with van der Waals surface area (Å²) in [6, 6.07) is -0.760. The third-order valence-electron chi connectivity index (χ3n) is 2.31. The van der Waals surface area contributed by atoms with Gasteiger partial charge in [0, 0.05) is 18.1 Å². The molecule has 0 aromatic rings. The lowest BCUT2D eigenvalue weighted by Gasteiger charge is -2.35. The van der Waals surface area contributed by atoms with Crippen LogP contribution in [0.2, 0.25) is 0 Å². The second-order valence-electron chi connectivity index (χ2n) is 3.65. The van der Waals surface area contributed by atoms with Crippen molar-refractivity contribution in [3.05, 3.63) is 0 Å². The maximum Gasteiger partial charge on any atom is 0.305 e. The minimum Gasteiger partial charge on any atom is -0.481 e. The molecule has 15 heavy (non-hydrogen) atoms. The van der Waals surface area contributed by atoms with E-state index in [0.29, 0.717) is 12.3 Å². The molecule has 1 heterocycles. The number of hydrogen-bond donors (Lipinski definition) is 2. The number of rotatable bonds is 3. The zero-order chi connectivity index (χ0) is 11.4. The SMILES string of the molecule is C[C@H](N)C(=O)N1CCSCC1CC(=O)O. The van der Waals surface area contributed by atoms with Crippen LogP contribution >= 0.6 is 11.8 Å². The maximum atomic E-state index is 11.7. The molecular formula is C9H16N2O3S. The van der Waals surface area contributed by atoms with E-state index in [9.17, 15) is 9.59 Å². The summed E-state index contributed by atoms with van der Waals surface area (Å²) in [6.45, 7) is 2.23. The lowest BCUT2D eigenvalue weighted by Crippen LogP contribution is -2.52. The molecule has 1 rings (SSSR count). The third kappa shape index (κ3) is 3.39. The molecule has 0 aliphatic carbocycles. The number of nitrogens with two attached hydrogens (primary N) is 1. The number of carboxylic acids is 1.